The van der Waals surface area contributed by atoms with Gasteiger partial charge in [-0.3, -0.25) is 9.59 Å². The molecule has 0 aliphatic rings. The quantitative estimate of drug-likeness (QED) is 0.280. The number of carbonyl (C=O) groups excluding carboxylic acids is 1. The third-order valence-corrected chi connectivity index (χ3v) is 6.57. The molecule has 0 unspecified atom stereocenters. The Labute approximate surface area is 212 Å². The zero-order chi connectivity index (χ0) is 27.8. The number of hydrogen-bond donors (Lipinski definition) is 1. The van der Waals surface area contributed by atoms with E-state index in [0.29, 0.717) is 11.8 Å². The Morgan fingerprint density at radius 1 is 1.00 bits per heavy atom. The molecule has 0 spiro atoms. The number of alkyl halides is 3. The van der Waals surface area contributed by atoms with E-state index in [1.54, 1.807) is 19.2 Å². The van der Waals surface area contributed by atoms with E-state index in [4.69, 9.17) is 4.74 Å². The van der Waals surface area contributed by atoms with Crippen molar-refractivity contribution in [1.82, 2.24) is 9.97 Å². The topological polar surface area (TPSA) is 72.0 Å². The van der Waals surface area contributed by atoms with Crippen molar-refractivity contribution in [2.24, 2.45) is 5.41 Å². The Morgan fingerprint density at radius 3 is 2.14 bits per heavy atom. The lowest BCUT2D eigenvalue weighted by atomic mass is 9.73. The van der Waals surface area contributed by atoms with E-state index in [-0.39, 0.29) is 23.5 Å². The molecular formula is C28H30F4N2O3. The van der Waals surface area contributed by atoms with E-state index in [1.165, 1.54) is 6.07 Å². The lowest BCUT2D eigenvalue weighted by Crippen LogP contribution is -2.28. The molecule has 3 rings (SSSR count). The number of ketones is 1. The van der Waals surface area contributed by atoms with Gasteiger partial charge in [0.1, 0.15) is 23.1 Å². The van der Waals surface area contributed by atoms with Gasteiger partial charge in [0.05, 0.1) is 12.7 Å². The molecule has 0 radical (unpaired) electrons. The van der Waals surface area contributed by atoms with Gasteiger partial charge in [-0.1, -0.05) is 39.0 Å². The molecule has 0 saturated heterocycles. The minimum Gasteiger partial charge on any atom is -0.497 e. The first-order valence-electron chi connectivity index (χ1n) is 11.7. The van der Waals surface area contributed by atoms with Crippen molar-refractivity contribution >= 4 is 5.78 Å². The lowest BCUT2D eigenvalue weighted by Gasteiger charge is -2.31. The Bertz CT molecular complexity index is 1340. The second kappa shape index (κ2) is 10.1. The Hall–Kier alpha value is -3.49. The van der Waals surface area contributed by atoms with Gasteiger partial charge in [0.15, 0.2) is 5.78 Å². The molecule has 5 nitrogen and oxygen atoms in total. The van der Waals surface area contributed by atoms with Crippen molar-refractivity contribution < 1.29 is 27.1 Å². The van der Waals surface area contributed by atoms with Crippen LogP contribution in [0.15, 0.2) is 53.3 Å². The standard InChI is InChI=1S/C28H30F4N2O3/c1-26(2,3)20(16-7-12-19(21(29)13-16)28(30,31)32)14-23(35)22-15-24(36)34-25(33-22)27(4,5)17-8-10-18(37-6)11-9-17/h7-13,15,20H,14H2,1-6H3,(H,33,34,36)/t20-/m0/s1. The molecule has 3 aromatic rings. The monoisotopic (exact) mass is 518 g/mol. The van der Waals surface area contributed by atoms with Gasteiger partial charge in [-0.25, -0.2) is 9.37 Å². The maximum Gasteiger partial charge on any atom is 0.419 e. The van der Waals surface area contributed by atoms with E-state index >= 15 is 0 Å². The molecule has 9 heteroatoms. The highest BCUT2D eigenvalue weighted by atomic mass is 19.4. The smallest absolute Gasteiger partial charge is 0.419 e. The Balaban J connectivity index is 1.97. The first kappa shape index (κ1) is 28.1. The van der Waals surface area contributed by atoms with Gasteiger partial charge in [0.25, 0.3) is 5.56 Å². The molecule has 198 valence electrons. The number of rotatable bonds is 7. The fraction of sp³-hybridized carbons (Fsp3) is 0.393. The van der Waals surface area contributed by atoms with Crippen LogP contribution in [0.5, 0.6) is 5.75 Å². The van der Waals surface area contributed by atoms with Crippen LogP contribution in [0, 0.1) is 11.2 Å². The third-order valence-electron chi connectivity index (χ3n) is 6.57. The van der Waals surface area contributed by atoms with Crippen LogP contribution in [-0.4, -0.2) is 22.9 Å². The van der Waals surface area contributed by atoms with Gasteiger partial charge >= 0.3 is 6.18 Å². The predicted octanol–water partition coefficient (Wildman–Crippen LogP) is 6.67. The van der Waals surface area contributed by atoms with E-state index < -0.39 is 45.6 Å². The summed E-state index contributed by atoms with van der Waals surface area (Å²) in [5, 5.41) is 0. The summed E-state index contributed by atoms with van der Waals surface area (Å²) >= 11 is 0. The van der Waals surface area contributed by atoms with Crippen molar-refractivity contribution in [3.05, 3.63) is 92.9 Å². The zero-order valence-electron chi connectivity index (χ0n) is 21.6. The second-order valence-corrected chi connectivity index (χ2v) is 10.6. The molecular weight excluding hydrogens is 488 g/mol. The summed E-state index contributed by atoms with van der Waals surface area (Å²) in [6, 6.07) is 11.0. The summed E-state index contributed by atoms with van der Waals surface area (Å²) in [7, 11) is 1.55. The average Bonchev–Trinajstić information content (AvgIpc) is 2.80. The molecule has 0 amide bonds. The fourth-order valence-electron chi connectivity index (χ4n) is 4.23. The zero-order valence-corrected chi connectivity index (χ0v) is 21.6. The summed E-state index contributed by atoms with van der Waals surface area (Å²) in [6.07, 6.45) is -5.00. The number of benzene rings is 2. The van der Waals surface area contributed by atoms with Crippen molar-refractivity contribution in [2.45, 2.75) is 58.5 Å². The van der Waals surface area contributed by atoms with Crippen LogP contribution in [0.2, 0.25) is 0 Å². The maximum atomic E-state index is 14.3. The van der Waals surface area contributed by atoms with Gasteiger partial charge in [-0.2, -0.15) is 13.2 Å². The third kappa shape index (κ3) is 6.26. The summed E-state index contributed by atoms with van der Waals surface area (Å²) in [6.45, 7) is 9.13. The number of aromatic nitrogens is 2. The van der Waals surface area contributed by atoms with Gasteiger partial charge in [0.2, 0.25) is 0 Å². The molecule has 1 aromatic heterocycles. The predicted molar refractivity (Wildman–Crippen MR) is 133 cm³/mol. The molecule has 0 aliphatic heterocycles. The molecule has 2 aromatic carbocycles. The SMILES string of the molecule is COc1ccc(C(C)(C)c2nc(C(=O)C[C@@H](c3ccc(C(F)(F)F)c(F)c3)C(C)(C)C)cc(=O)[nH]2)cc1. The number of carbonyl (C=O) groups is 1. The van der Waals surface area contributed by atoms with Crippen LogP contribution in [0.3, 0.4) is 0 Å². The molecule has 1 N–H and O–H groups in total. The number of hydrogen-bond acceptors (Lipinski definition) is 4. The number of nitrogens with zero attached hydrogens (tertiary/aromatic N) is 1. The van der Waals surface area contributed by atoms with Crippen molar-refractivity contribution in [3.63, 3.8) is 0 Å². The minimum atomic E-state index is -4.82. The van der Waals surface area contributed by atoms with Crippen LogP contribution in [-0.2, 0) is 11.6 Å². The fourth-order valence-corrected chi connectivity index (χ4v) is 4.23. The summed E-state index contributed by atoms with van der Waals surface area (Å²) < 4.78 is 58.6. The van der Waals surface area contributed by atoms with Crippen LogP contribution in [0.25, 0.3) is 0 Å². The average molecular weight is 519 g/mol. The molecule has 1 atom stereocenters. The summed E-state index contributed by atoms with van der Waals surface area (Å²) in [5.74, 6) is -1.56. The van der Waals surface area contributed by atoms with E-state index in [9.17, 15) is 27.2 Å². The van der Waals surface area contributed by atoms with Gasteiger partial charge in [-0.05, 0) is 60.6 Å². The van der Waals surface area contributed by atoms with Crippen LogP contribution < -0.4 is 10.3 Å². The maximum absolute atomic E-state index is 14.3. The van der Waals surface area contributed by atoms with Crippen molar-refractivity contribution in [2.75, 3.05) is 7.11 Å². The highest BCUT2D eigenvalue weighted by molar-refractivity contribution is 5.94. The Morgan fingerprint density at radius 2 is 1.62 bits per heavy atom. The number of nitrogens with one attached hydrogen (secondary N) is 1. The normalized spacial score (nSPS) is 13.4. The highest BCUT2D eigenvalue weighted by Gasteiger charge is 2.36. The summed E-state index contributed by atoms with van der Waals surface area (Å²) in [4.78, 5) is 33.0. The van der Waals surface area contributed by atoms with Gasteiger partial charge in [0, 0.05) is 17.9 Å². The number of aromatic amines is 1. The molecule has 0 aliphatic carbocycles. The minimum absolute atomic E-state index is 0.0676. The largest absolute Gasteiger partial charge is 0.497 e. The number of H-pyrrole nitrogens is 1. The molecule has 0 bridgehead atoms. The van der Waals surface area contributed by atoms with E-state index in [0.717, 1.165) is 17.7 Å². The first-order valence-corrected chi connectivity index (χ1v) is 11.7. The number of Topliss-reactive ketones (excluding diaryl/α,β-unsaturated/α-hetero) is 1. The van der Waals surface area contributed by atoms with E-state index in [2.05, 4.69) is 9.97 Å². The highest BCUT2D eigenvalue weighted by Crippen LogP contribution is 2.41. The summed E-state index contributed by atoms with van der Waals surface area (Å²) in [5.41, 5.74) is -2.22. The molecule has 0 saturated carbocycles. The van der Waals surface area contributed by atoms with Crippen LogP contribution in [0.4, 0.5) is 17.6 Å². The van der Waals surface area contributed by atoms with Crippen molar-refractivity contribution in [3.8, 4) is 5.75 Å². The van der Waals surface area contributed by atoms with Crippen LogP contribution >= 0.6 is 0 Å². The number of ether oxygens (including phenoxy) is 1. The Kier molecular flexibility index (Phi) is 7.67. The number of methoxy groups -OCH3 is 1. The molecule has 37 heavy (non-hydrogen) atoms. The number of halogens is 4. The van der Waals surface area contributed by atoms with Crippen molar-refractivity contribution in [1.29, 1.82) is 0 Å². The van der Waals surface area contributed by atoms with Gasteiger partial charge in [-0.15, -0.1) is 0 Å². The molecule has 0 fully saturated rings. The molecule has 1 heterocycles. The van der Waals surface area contributed by atoms with Crippen LogP contribution in [0.1, 0.15) is 80.0 Å². The van der Waals surface area contributed by atoms with E-state index in [1.807, 2.05) is 46.8 Å². The second-order valence-electron chi connectivity index (χ2n) is 10.6. The van der Waals surface area contributed by atoms with Gasteiger partial charge < -0.3 is 9.72 Å². The first-order chi connectivity index (χ1) is 17.0. The lowest BCUT2D eigenvalue weighted by molar-refractivity contribution is -0.140.